The Morgan fingerprint density at radius 3 is 0.973 bits per heavy atom. The molecule has 2 atom stereocenters. The number of aliphatic hydroxyl groups is 2. The summed E-state index contributed by atoms with van der Waals surface area (Å²) < 4.78 is 5.49. The quantitative estimate of drug-likeness (QED) is 0.0320. The van der Waals surface area contributed by atoms with Gasteiger partial charge in [0.1, 0.15) is 0 Å². The lowest BCUT2D eigenvalue weighted by Crippen LogP contribution is -2.45. The van der Waals surface area contributed by atoms with Crippen LogP contribution in [0.1, 0.15) is 367 Å². The summed E-state index contributed by atoms with van der Waals surface area (Å²) in [5.41, 5.74) is 0. The summed E-state index contributed by atoms with van der Waals surface area (Å²) >= 11 is 0. The average molecular weight is 1030 g/mol. The third-order valence-corrected chi connectivity index (χ3v) is 15.5. The Morgan fingerprint density at radius 2 is 0.644 bits per heavy atom. The minimum absolute atomic E-state index is 0.00654. The number of carbonyl (C=O) groups excluding carboxylic acids is 2. The first-order valence-electron chi connectivity index (χ1n) is 33.1. The molecule has 1 amide bonds. The van der Waals surface area contributed by atoms with Gasteiger partial charge in [0.05, 0.1) is 25.4 Å². The topological polar surface area (TPSA) is 95.9 Å². The number of carbonyl (C=O) groups is 2. The molecule has 6 heteroatoms. The second-order valence-corrected chi connectivity index (χ2v) is 22.8. The summed E-state index contributed by atoms with van der Waals surface area (Å²) in [4.78, 5) is 24.6. The molecular weight excluding hydrogens is 899 g/mol. The maximum atomic E-state index is 12.5. The molecule has 0 aliphatic carbocycles. The van der Waals surface area contributed by atoms with Gasteiger partial charge in [-0.2, -0.15) is 0 Å². The van der Waals surface area contributed by atoms with Crippen LogP contribution in [0.15, 0.2) is 24.3 Å². The predicted octanol–water partition coefficient (Wildman–Crippen LogP) is 21.0. The zero-order valence-corrected chi connectivity index (χ0v) is 49.4. The van der Waals surface area contributed by atoms with E-state index in [1.54, 1.807) is 6.08 Å². The first kappa shape index (κ1) is 71.3. The van der Waals surface area contributed by atoms with Crippen molar-refractivity contribution in [1.82, 2.24) is 5.32 Å². The van der Waals surface area contributed by atoms with E-state index in [1.165, 1.54) is 295 Å². The largest absolute Gasteiger partial charge is 0.466 e. The van der Waals surface area contributed by atoms with Crippen LogP contribution in [0.4, 0.5) is 0 Å². The molecule has 73 heavy (non-hydrogen) atoms. The molecule has 0 aliphatic rings. The number of unbranched alkanes of at least 4 members (excludes halogenated alkanes) is 49. The van der Waals surface area contributed by atoms with Gasteiger partial charge < -0.3 is 20.3 Å². The summed E-state index contributed by atoms with van der Waals surface area (Å²) in [6, 6.07) is -0.628. The molecule has 0 spiro atoms. The van der Waals surface area contributed by atoms with E-state index in [9.17, 15) is 19.8 Å². The first-order valence-corrected chi connectivity index (χ1v) is 33.1. The van der Waals surface area contributed by atoms with Crippen molar-refractivity contribution in [3.8, 4) is 0 Å². The Labute approximate surface area is 456 Å². The lowest BCUT2D eigenvalue weighted by Gasteiger charge is -2.20. The lowest BCUT2D eigenvalue weighted by atomic mass is 10.0. The number of nitrogens with one attached hydrogen (secondary N) is 1. The van der Waals surface area contributed by atoms with Crippen LogP contribution in [0.5, 0.6) is 0 Å². The smallest absolute Gasteiger partial charge is 0.305 e. The predicted molar refractivity (Wildman–Crippen MR) is 320 cm³/mol. The van der Waals surface area contributed by atoms with Crippen molar-refractivity contribution in [2.45, 2.75) is 379 Å². The molecule has 0 fully saturated rings. The fourth-order valence-corrected chi connectivity index (χ4v) is 10.4. The summed E-state index contributed by atoms with van der Waals surface area (Å²) in [7, 11) is 0. The monoisotopic (exact) mass is 1030 g/mol. The molecule has 0 bridgehead atoms. The van der Waals surface area contributed by atoms with Gasteiger partial charge in [0, 0.05) is 12.8 Å². The minimum Gasteiger partial charge on any atom is -0.466 e. The fourth-order valence-electron chi connectivity index (χ4n) is 10.4. The van der Waals surface area contributed by atoms with Crippen molar-refractivity contribution in [2.24, 2.45) is 0 Å². The van der Waals surface area contributed by atoms with Crippen LogP contribution in [-0.2, 0) is 14.3 Å². The normalized spacial score (nSPS) is 12.7. The van der Waals surface area contributed by atoms with Crippen molar-refractivity contribution < 1.29 is 24.5 Å². The van der Waals surface area contributed by atoms with Gasteiger partial charge in [-0.3, -0.25) is 9.59 Å². The average Bonchev–Trinajstić information content (AvgIpc) is 3.39. The summed E-state index contributed by atoms with van der Waals surface area (Å²) in [5, 5.41) is 23.2. The lowest BCUT2D eigenvalue weighted by molar-refractivity contribution is -0.143. The molecule has 0 aromatic rings. The van der Waals surface area contributed by atoms with Crippen LogP contribution < -0.4 is 5.32 Å². The Bertz CT molecular complexity index is 1140. The van der Waals surface area contributed by atoms with E-state index in [1.807, 2.05) is 6.08 Å². The van der Waals surface area contributed by atoms with E-state index < -0.39 is 12.1 Å². The number of hydrogen-bond acceptors (Lipinski definition) is 5. The number of ether oxygens (including phenoxy) is 1. The molecule has 0 rings (SSSR count). The van der Waals surface area contributed by atoms with Crippen molar-refractivity contribution in [1.29, 1.82) is 0 Å². The van der Waals surface area contributed by atoms with Gasteiger partial charge in [0.2, 0.25) is 5.91 Å². The van der Waals surface area contributed by atoms with Gasteiger partial charge in [-0.05, 0) is 57.8 Å². The highest BCUT2D eigenvalue weighted by Crippen LogP contribution is 2.18. The van der Waals surface area contributed by atoms with Crippen LogP contribution in [0, 0.1) is 0 Å². The van der Waals surface area contributed by atoms with Crippen molar-refractivity contribution >= 4 is 11.9 Å². The maximum absolute atomic E-state index is 12.5. The molecule has 0 saturated heterocycles. The molecule has 3 N–H and O–H groups in total. The molecule has 432 valence electrons. The van der Waals surface area contributed by atoms with E-state index in [0.717, 1.165) is 44.9 Å². The minimum atomic E-state index is -0.844. The standard InChI is InChI=1S/C67H129NO5/c1-3-5-7-9-11-13-15-17-19-20-28-32-35-39-43-47-51-55-59-65(70)64(63-69)68-66(71)60-56-52-48-44-40-36-33-29-26-24-22-21-23-25-27-30-34-38-42-46-50-54-58-62-73-67(72)61-57-53-49-45-41-37-31-18-16-14-12-10-8-6-4-2/h18,31,55,59,64-65,69-70H,3-17,19-30,32-54,56-58,60-63H2,1-2H3,(H,68,71)/b31-18-,59-55+. The van der Waals surface area contributed by atoms with Crippen molar-refractivity contribution in [3.05, 3.63) is 24.3 Å². The number of rotatable bonds is 62. The van der Waals surface area contributed by atoms with Gasteiger partial charge in [0.15, 0.2) is 0 Å². The van der Waals surface area contributed by atoms with Gasteiger partial charge in [-0.25, -0.2) is 0 Å². The molecule has 0 aromatic carbocycles. The Morgan fingerprint density at radius 1 is 0.370 bits per heavy atom. The summed E-state index contributed by atoms with van der Waals surface area (Å²) in [6.07, 6.45) is 78.0. The molecular formula is C67H129NO5. The SMILES string of the molecule is CCCCCCCC/C=C\CCCCCCCC(=O)OCCCCCCCCCCCCCCCCCCCCCCCCCC(=O)NC(CO)C(O)/C=C/CCCCCCCCCCCCCCCCCC. The van der Waals surface area contributed by atoms with Gasteiger partial charge in [-0.15, -0.1) is 0 Å². The Hall–Kier alpha value is -1.66. The van der Waals surface area contributed by atoms with E-state index in [4.69, 9.17) is 4.74 Å². The number of allylic oxidation sites excluding steroid dienone is 3. The third-order valence-electron chi connectivity index (χ3n) is 15.5. The van der Waals surface area contributed by atoms with Crippen LogP contribution in [0.3, 0.4) is 0 Å². The van der Waals surface area contributed by atoms with Crippen molar-refractivity contribution in [2.75, 3.05) is 13.2 Å². The second kappa shape index (κ2) is 62.9. The summed E-state index contributed by atoms with van der Waals surface area (Å²) in [5.74, 6) is -0.0580. The van der Waals surface area contributed by atoms with E-state index in [2.05, 4.69) is 31.3 Å². The number of esters is 1. The van der Waals surface area contributed by atoms with E-state index >= 15 is 0 Å². The Kier molecular flexibility index (Phi) is 61.4. The number of hydrogen-bond donors (Lipinski definition) is 3. The van der Waals surface area contributed by atoms with Crippen LogP contribution in [0.25, 0.3) is 0 Å². The van der Waals surface area contributed by atoms with Gasteiger partial charge >= 0.3 is 5.97 Å². The highest BCUT2D eigenvalue weighted by molar-refractivity contribution is 5.76. The van der Waals surface area contributed by atoms with Crippen LogP contribution in [-0.4, -0.2) is 47.4 Å². The molecule has 0 saturated carbocycles. The highest BCUT2D eigenvalue weighted by atomic mass is 16.5. The van der Waals surface area contributed by atoms with E-state index in [-0.39, 0.29) is 18.5 Å². The number of amides is 1. The van der Waals surface area contributed by atoms with Gasteiger partial charge in [-0.1, -0.05) is 321 Å². The molecule has 0 aliphatic heterocycles. The molecule has 0 aromatic heterocycles. The molecule has 6 nitrogen and oxygen atoms in total. The maximum Gasteiger partial charge on any atom is 0.305 e. The third kappa shape index (κ3) is 59.4. The zero-order chi connectivity index (χ0) is 52.9. The molecule has 0 radical (unpaired) electrons. The van der Waals surface area contributed by atoms with Crippen molar-refractivity contribution in [3.63, 3.8) is 0 Å². The second-order valence-electron chi connectivity index (χ2n) is 22.8. The molecule has 0 heterocycles. The van der Waals surface area contributed by atoms with E-state index in [0.29, 0.717) is 19.4 Å². The highest BCUT2D eigenvalue weighted by Gasteiger charge is 2.18. The van der Waals surface area contributed by atoms with Gasteiger partial charge in [0.25, 0.3) is 0 Å². The zero-order valence-electron chi connectivity index (χ0n) is 49.4. The Balaban J connectivity index is 3.39. The number of aliphatic hydroxyl groups excluding tert-OH is 2. The van der Waals surface area contributed by atoms with Crippen LogP contribution in [0.2, 0.25) is 0 Å². The fraction of sp³-hybridized carbons (Fsp3) is 0.910. The first-order chi connectivity index (χ1) is 36.0. The van der Waals surface area contributed by atoms with Crippen LogP contribution >= 0.6 is 0 Å². The summed E-state index contributed by atoms with van der Waals surface area (Å²) in [6.45, 7) is 4.92. The molecule has 2 unspecified atom stereocenters.